The zero-order chi connectivity index (χ0) is 29.7. The highest BCUT2D eigenvalue weighted by molar-refractivity contribution is 5.92. The Bertz CT molecular complexity index is 1270. The SMILES string of the molecule is Cc1ccc(C(Oc2ccc(C(=O)N[C@@H]3CCCN(C(=O)[C@@H]4COC(=O)C4)C3)nc2)C(C)NC(=O)C(F)(F)F)cc1. The minimum atomic E-state index is -5.05. The Hall–Kier alpha value is -4.16. The first-order valence-corrected chi connectivity index (χ1v) is 13.2. The summed E-state index contributed by atoms with van der Waals surface area (Å²) in [5.74, 6) is -3.42. The zero-order valence-electron chi connectivity index (χ0n) is 22.6. The van der Waals surface area contributed by atoms with Crippen molar-refractivity contribution in [2.75, 3.05) is 19.7 Å². The molecule has 41 heavy (non-hydrogen) atoms. The summed E-state index contributed by atoms with van der Waals surface area (Å²) in [4.78, 5) is 54.3. The lowest BCUT2D eigenvalue weighted by Gasteiger charge is -2.34. The third-order valence-corrected chi connectivity index (χ3v) is 6.98. The summed E-state index contributed by atoms with van der Waals surface area (Å²) in [6, 6.07) is 8.47. The van der Waals surface area contributed by atoms with Gasteiger partial charge in [0.2, 0.25) is 5.91 Å². The van der Waals surface area contributed by atoms with E-state index in [-0.39, 0.29) is 36.4 Å². The van der Waals surface area contributed by atoms with Crippen LogP contribution in [0.4, 0.5) is 13.2 Å². The van der Waals surface area contributed by atoms with Crippen molar-refractivity contribution in [3.8, 4) is 5.75 Å². The van der Waals surface area contributed by atoms with Crippen LogP contribution in [0.15, 0.2) is 42.6 Å². The molecule has 0 radical (unpaired) electrons. The van der Waals surface area contributed by atoms with Crippen molar-refractivity contribution in [2.24, 2.45) is 5.92 Å². The van der Waals surface area contributed by atoms with Crippen molar-refractivity contribution in [3.05, 3.63) is 59.4 Å². The van der Waals surface area contributed by atoms with E-state index in [2.05, 4.69) is 10.3 Å². The molecule has 0 aliphatic carbocycles. The monoisotopic (exact) mass is 576 g/mol. The number of carbonyl (C=O) groups excluding carboxylic acids is 4. The minimum absolute atomic E-state index is 0.0585. The number of amides is 3. The van der Waals surface area contributed by atoms with Gasteiger partial charge in [0.05, 0.1) is 24.6 Å². The molecule has 0 bridgehead atoms. The summed E-state index contributed by atoms with van der Waals surface area (Å²) < 4.78 is 49.4. The van der Waals surface area contributed by atoms with Crippen LogP contribution in [0, 0.1) is 12.8 Å². The fourth-order valence-corrected chi connectivity index (χ4v) is 4.79. The summed E-state index contributed by atoms with van der Waals surface area (Å²) in [6.07, 6.45) is -3.34. The molecule has 3 heterocycles. The van der Waals surface area contributed by atoms with E-state index in [1.165, 1.54) is 25.3 Å². The maximum absolute atomic E-state index is 12.9. The van der Waals surface area contributed by atoms with E-state index < -0.39 is 42.0 Å². The smallest absolute Gasteiger partial charge is 0.471 e. The molecule has 2 aliphatic heterocycles. The molecule has 2 N–H and O–H groups in total. The number of hydrogen-bond donors (Lipinski definition) is 2. The summed E-state index contributed by atoms with van der Waals surface area (Å²) in [6.45, 7) is 4.17. The van der Waals surface area contributed by atoms with Crippen molar-refractivity contribution in [1.29, 1.82) is 0 Å². The lowest BCUT2D eigenvalue weighted by Crippen LogP contribution is -2.51. The summed E-state index contributed by atoms with van der Waals surface area (Å²) >= 11 is 0. The molecule has 2 unspecified atom stereocenters. The highest BCUT2D eigenvalue weighted by Gasteiger charge is 2.40. The number of halogens is 3. The molecule has 4 atom stereocenters. The van der Waals surface area contributed by atoms with Crippen LogP contribution in [0.25, 0.3) is 0 Å². The van der Waals surface area contributed by atoms with Crippen LogP contribution in [-0.4, -0.2) is 71.5 Å². The van der Waals surface area contributed by atoms with Gasteiger partial charge in [-0.25, -0.2) is 4.98 Å². The molecule has 3 amide bonds. The highest BCUT2D eigenvalue weighted by Crippen LogP contribution is 2.27. The number of hydrogen-bond acceptors (Lipinski definition) is 7. The number of benzene rings is 1. The highest BCUT2D eigenvalue weighted by atomic mass is 19.4. The number of pyridine rings is 1. The number of ether oxygens (including phenoxy) is 2. The Morgan fingerprint density at radius 2 is 1.88 bits per heavy atom. The number of likely N-dealkylation sites (tertiary alicyclic amines) is 1. The Kier molecular flexibility index (Phi) is 9.14. The van der Waals surface area contributed by atoms with Crippen LogP contribution in [-0.2, 0) is 19.1 Å². The number of aromatic nitrogens is 1. The topological polar surface area (TPSA) is 127 Å². The van der Waals surface area contributed by atoms with Crippen molar-refractivity contribution < 1.29 is 41.8 Å². The Balaban J connectivity index is 1.39. The van der Waals surface area contributed by atoms with Gasteiger partial charge in [-0.15, -0.1) is 0 Å². The van der Waals surface area contributed by atoms with E-state index in [9.17, 15) is 32.3 Å². The molecule has 0 spiro atoms. The molecular weight excluding hydrogens is 545 g/mol. The number of nitrogens with one attached hydrogen (secondary N) is 2. The van der Waals surface area contributed by atoms with Crippen molar-refractivity contribution in [2.45, 2.75) is 57.5 Å². The van der Waals surface area contributed by atoms with E-state index in [4.69, 9.17) is 9.47 Å². The van der Waals surface area contributed by atoms with Gasteiger partial charge < -0.3 is 25.0 Å². The second-order valence-electron chi connectivity index (χ2n) is 10.3. The van der Waals surface area contributed by atoms with Crippen LogP contribution in [0.1, 0.15) is 53.9 Å². The van der Waals surface area contributed by atoms with Crippen LogP contribution in [0.2, 0.25) is 0 Å². The normalized spacial score (nSPS) is 20.5. The van der Waals surface area contributed by atoms with Crippen molar-refractivity contribution >= 4 is 23.7 Å². The van der Waals surface area contributed by atoms with Gasteiger partial charge in [0, 0.05) is 19.1 Å². The fraction of sp³-hybridized carbons (Fsp3) is 0.464. The van der Waals surface area contributed by atoms with Gasteiger partial charge in [0.15, 0.2) is 0 Å². The number of rotatable bonds is 8. The summed E-state index contributed by atoms with van der Waals surface area (Å²) in [5, 5.41) is 4.81. The van der Waals surface area contributed by atoms with Crippen molar-refractivity contribution in [3.63, 3.8) is 0 Å². The van der Waals surface area contributed by atoms with Crippen molar-refractivity contribution in [1.82, 2.24) is 20.5 Å². The molecule has 0 saturated carbocycles. The van der Waals surface area contributed by atoms with Gasteiger partial charge in [-0.1, -0.05) is 29.8 Å². The number of piperidine rings is 1. The first-order valence-electron chi connectivity index (χ1n) is 13.2. The largest absolute Gasteiger partial charge is 0.482 e. The van der Waals surface area contributed by atoms with E-state index in [0.717, 1.165) is 5.56 Å². The first kappa shape index (κ1) is 29.8. The van der Waals surface area contributed by atoms with E-state index in [0.29, 0.717) is 31.5 Å². The van der Waals surface area contributed by atoms with Crippen LogP contribution in [0.5, 0.6) is 5.75 Å². The number of cyclic esters (lactones) is 1. The number of aryl methyl sites for hydroxylation is 1. The molecule has 10 nitrogen and oxygen atoms in total. The molecule has 2 fully saturated rings. The van der Waals surface area contributed by atoms with Gasteiger partial charge in [0.1, 0.15) is 24.2 Å². The second-order valence-corrected chi connectivity index (χ2v) is 10.3. The third kappa shape index (κ3) is 7.74. The maximum atomic E-state index is 12.9. The Morgan fingerprint density at radius 3 is 2.49 bits per heavy atom. The standard InChI is InChI=1S/C28H31F3N4O6/c1-16-5-7-18(8-6-16)24(17(2)33-27(39)28(29,30)31)41-21-9-10-22(32-13-21)25(37)34-20-4-3-11-35(14-20)26(38)19-12-23(36)40-15-19/h5-10,13,17,19-20,24H,3-4,11-12,14-15H2,1-2H3,(H,33,39)(H,34,37)/t17?,19-,20+,24?/m0/s1. The number of nitrogens with zero attached hydrogens (tertiary/aromatic N) is 2. The van der Waals surface area contributed by atoms with Gasteiger partial charge in [-0.05, 0) is 44.4 Å². The molecular formula is C28H31F3N4O6. The van der Waals surface area contributed by atoms with Crippen LogP contribution < -0.4 is 15.4 Å². The summed E-state index contributed by atoms with van der Waals surface area (Å²) in [7, 11) is 0. The average molecular weight is 577 g/mol. The predicted octanol–water partition coefficient (Wildman–Crippen LogP) is 2.86. The van der Waals surface area contributed by atoms with Gasteiger partial charge >= 0.3 is 18.1 Å². The van der Waals surface area contributed by atoms with E-state index in [1.807, 2.05) is 12.2 Å². The second kappa shape index (κ2) is 12.6. The average Bonchev–Trinajstić information content (AvgIpc) is 3.38. The van der Waals surface area contributed by atoms with Gasteiger partial charge in [-0.3, -0.25) is 19.2 Å². The summed E-state index contributed by atoms with van der Waals surface area (Å²) in [5.41, 5.74) is 1.56. The van der Waals surface area contributed by atoms with E-state index >= 15 is 0 Å². The van der Waals surface area contributed by atoms with Crippen LogP contribution >= 0.6 is 0 Å². The van der Waals surface area contributed by atoms with Gasteiger partial charge in [-0.2, -0.15) is 13.2 Å². The molecule has 2 saturated heterocycles. The number of carbonyl (C=O) groups is 4. The number of alkyl halides is 3. The van der Waals surface area contributed by atoms with E-state index in [1.54, 1.807) is 29.2 Å². The third-order valence-electron chi connectivity index (χ3n) is 6.98. The zero-order valence-corrected chi connectivity index (χ0v) is 22.6. The molecule has 4 rings (SSSR count). The quantitative estimate of drug-likeness (QED) is 0.463. The Labute approximate surface area is 234 Å². The molecule has 220 valence electrons. The molecule has 13 heteroatoms. The van der Waals surface area contributed by atoms with Gasteiger partial charge in [0.25, 0.3) is 5.91 Å². The molecule has 1 aromatic carbocycles. The lowest BCUT2D eigenvalue weighted by molar-refractivity contribution is -0.174. The van der Waals surface area contributed by atoms with Crippen LogP contribution in [0.3, 0.4) is 0 Å². The molecule has 2 aliphatic rings. The molecule has 1 aromatic heterocycles. The molecule has 2 aromatic rings. The Morgan fingerprint density at radius 1 is 1.15 bits per heavy atom. The minimum Gasteiger partial charge on any atom is -0.482 e. The lowest BCUT2D eigenvalue weighted by atomic mass is 10.0. The fourth-order valence-electron chi connectivity index (χ4n) is 4.79. The first-order chi connectivity index (χ1) is 19.4. The predicted molar refractivity (Wildman–Crippen MR) is 139 cm³/mol. The maximum Gasteiger partial charge on any atom is 0.471 e. The number of esters is 1.